The summed E-state index contributed by atoms with van der Waals surface area (Å²) in [5, 5.41) is 7.55. The molecule has 0 fully saturated rings. The fourth-order valence-electron chi connectivity index (χ4n) is 4.58. The zero-order valence-corrected chi connectivity index (χ0v) is 25.2. The number of nitrogens with one attached hydrogen (secondary N) is 2. The highest BCUT2D eigenvalue weighted by molar-refractivity contribution is 8.02. The maximum absolute atomic E-state index is 13.0. The van der Waals surface area contributed by atoms with Crippen molar-refractivity contribution in [2.75, 3.05) is 22.1 Å². The molecular formula is C32H36N4O2S2. The first-order chi connectivity index (χ1) is 19.5. The van der Waals surface area contributed by atoms with Gasteiger partial charge in [0, 0.05) is 11.4 Å². The van der Waals surface area contributed by atoms with Crippen molar-refractivity contribution in [3.05, 3.63) is 82.9 Å². The molecule has 0 bridgehead atoms. The Morgan fingerprint density at radius 3 is 1.25 bits per heavy atom. The zero-order valence-electron chi connectivity index (χ0n) is 23.5. The van der Waals surface area contributed by atoms with E-state index in [1.165, 1.54) is 23.5 Å². The van der Waals surface area contributed by atoms with Gasteiger partial charge < -0.3 is 10.6 Å². The molecule has 4 rings (SSSR count). The van der Waals surface area contributed by atoms with Crippen LogP contribution in [0.2, 0.25) is 0 Å². The molecular weight excluding hydrogens is 537 g/mol. The van der Waals surface area contributed by atoms with Gasteiger partial charge in [0.2, 0.25) is 11.8 Å². The molecule has 3 aromatic carbocycles. The number of hydrogen-bond donors (Lipinski definition) is 2. The van der Waals surface area contributed by atoms with Crippen LogP contribution in [-0.2, 0) is 35.3 Å². The number of hydrogen-bond acceptors (Lipinski definition) is 6. The fourth-order valence-corrected chi connectivity index (χ4v) is 6.28. The van der Waals surface area contributed by atoms with E-state index < -0.39 is 0 Å². The summed E-state index contributed by atoms with van der Waals surface area (Å²) >= 11 is 2.69. The Hall–Kier alpha value is -3.36. The number of nitrogens with zero attached hydrogens (tertiary/aromatic N) is 2. The van der Waals surface area contributed by atoms with Crippen molar-refractivity contribution in [1.29, 1.82) is 0 Å². The van der Waals surface area contributed by atoms with Gasteiger partial charge in [-0.2, -0.15) is 0 Å². The summed E-state index contributed by atoms with van der Waals surface area (Å²) in [4.78, 5) is 35.7. The van der Waals surface area contributed by atoms with E-state index in [0.717, 1.165) is 70.3 Å². The number of thioether (sulfide) groups is 2. The average Bonchev–Trinajstić information content (AvgIpc) is 2.98. The average molecular weight is 573 g/mol. The van der Waals surface area contributed by atoms with Crippen LogP contribution in [0.3, 0.4) is 0 Å². The maximum Gasteiger partial charge on any atom is 0.234 e. The number of benzene rings is 3. The molecule has 0 aliphatic heterocycles. The Labute approximate surface area is 245 Å². The highest BCUT2D eigenvalue weighted by atomic mass is 32.2. The standard InChI is InChI=1S/C32H36N4O2S2/c1-5-21-13-11-14-22(6-2)29(21)35-27(37)19-39-31-32(34-26-18-10-9-17-25(26)33-31)40-20-28(38)36-30-23(7-3)15-12-16-24(30)8-4/h9-18H,5-8,19-20H2,1-4H3,(H,35,37)(H,36,38). The minimum absolute atomic E-state index is 0.0903. The second-order valence-electron chi connectivity index (χ2n) is 9.31. The van der Waals surface area contributed by atoms with Crippen molar-refractivity contribution in [2.24, 2.45) is 0 Å². The zero-order chi connectivity index (χ0) is 28.5. The molecule has 0 atom stereocenters. The monoisotopic (exact) mass is 572 g/mol. The first-order valence-electron chi connectivity index (χ1n) is 13.8. The van der Waals surface area contributed by atoms with E-state index in [1.54, 1.807) is 0 Å². The number of anilines is 2. The molecule has 4 aromatic rings. The van der Waals surface area contributed by atoms with Crippen molar-refractivity contribution in [1.82, 2.24) is 9.97 Å². The predicted octanol–water partition coefficient (Wildman–Crippen LogP) is 7.34. The Balaban J connectivity index is 1.49. The molecule has 6 nitrogen and oxygen atoms in total. The van der Waals surface area contributed by atoms with Gasteiger partial charge in [-0.05, 0) is 60.1 Å². The molecule has 2 amide bonds. The largest absolute Gasteiger partial charge is 0.325 e. The number of para-hydroxylation sites is 4. The van der Waals surface area contributed by atoms with E-state index in [9.17, 15) is 9.59 Å². The molecule has 0 spiro atoms. The Bertz CT molecular complexity index is 1350. The topological polar surface area (TPSA) is 84.0 Å². The van der Waals surface area contributed by atoms with Crippen LogP contribution in [0.4, 0.5) is 11.4 Å². The third-order valence-electron chi connectivity index (χ3n) is 6.72. The lowest BCUT2D eigenvalue weighted by Crippen LogP contribution is -2.17. The van der Waals surface area contributed by atoms with Gasteiger partial charge in [-0.25, -0.2) is 9.97 Å². The smallest absolute Gasteiger partial charge is 0.234 e. The van der Waals surface area contributed by atoms with Gasteiger partial charge in [-0.3, -0.25) is 9.59 Å². The quantitative estimate of drug-likeness (QED) is 0.173. The van der Waals surface area contributed by atoms with E-state index >= 15 is 0 Å². The van der Waals surface area contributed by atoms with E-state index in [4.69, 9.17) is 9.97 Å². The molecule has 0 aliphatic rings. The molecule has 0 radical (unpaired) electrons. The van der Waals surface area contributed by atoms with Crippen molar-refractivity contribution >= 4 is 57.7 Å². The summed E-state index contributed by atoms with van der Waals surface area (Å²) in [5.74, 6) is 0.204. The SMILES string of the molecule is CCc1cccc(CC)c1NC(=O)CSc1nc2ccccc2nc1SCC(=O)Nc1c(CC)cccc1CC. The lowest BCUT2D eigenvalue weighted by molar-refractivity contribution is -0.114. The molecule has 40 heavy (non-hydrogen) atoms. The van der Waals surface area contributed by atoms with Crippen LogP contribution < -0.4 is 10.6 Å². The maximum atomic E-state index is 13.0. The van der Waals surface area contributed by atoms with Crippen LogP contribution in [0.5, 0.6) is 0 Å². The summed E-state index contributed by atoms with van der Waals surface area (Å²) < 4.78 is 0. The van der Waals surface area contributed by atoms with Crippen molar-refractivity contribution < 1.29 is 9.59 Å². The van der Waals surface area contributed by atoms with Gasteiger partial charge in [0.05, 0.1) is 22.5 Å². The van der Waals surface area contributed by atoms with Gasteiger partial charge in [0.1, 0.15) is 10.1 Å². The van der Waals surface area contributed by atoms with Crippen molar-refractivity contribution in [2.45, 2.75) is 63.4 Å². The molecule has 2 N–H and O–H groups in total. The highest BCUT2D eigenvalue weighted by Gasteiger charge is 2.17. The number of aromatic nitrogens is 2. The second kappa shape index (κ2) is 14.3. The van der Waals surface area contributed by atoms with E-state index in [-0.39, 0.29) is 23.3 Å². The number of amides is 2. The lowest BCUT2D eigenvalue weighted by atomic mass is 10.0. The van der Waals surface area contributed by atoms with Gasteiger partial charge in [-0.15, -0.1) is 0 Å². The van der Waals surface area contributed by atoms with Gasteiger partial charge in [0.15, 0.2) is 0 Å². The molecule has 208 valence electrons. The number of aryl methyl sites for hydroxylation is 4. The third-order valence-corrected chi connectivity index (χ3v) is 8.77. The molecule has 1 heterocycles. The summed E-state index contributed by atoms with van der Waals surface area (Å²) in [5.41, 5.74) is 7.84. The van der Waals surface area contributed by atoms with E-state index in [2.05, 4.69) is 62.6 Å². The normalized spacial score (nSPS) is 11.0. The van der Waals surface area contributed by atoms with Gasteiger partial charge >= 0.3 is 0 Å². The van der Waals surface area contributed by atoms with Crippen LogP contribution in [0.15, 0.2) is 70.7 Å². The van der Waals surface area contributed by atoms with Crippen LogP contribution in [0, 0.1) is 0 Å². The van der Waals surface area contributed by atoms with Crippen LogP contribution in [0.1, 0.15) is 49.9 Å². The van der Waals surface area contributed by atoms with Gasteiger partial charge in [0.25, 0.3) is 0 Å². The Morgan fingerprint density at radius 1 is 0.575 bits per heavy atom. The molecule has 1 aromatic heterocycles. The van der Waals surface area contributed by atoms with Crippen molar-refractivity contribution in [3.8, 4) is 0 Å². The number of fused-ring (bicyclic) bond motifs is 1. The van der Waals surface area contributed by atoms with Crippen LogP contribution in [0.25, 0.3) is 11.0 Å². The number of carbonyl (C=O) groups is 2. The van der Waals surface area contributed by atoms with E-state index in [1.807, 2.05) is 36.4 Å². The lowest BCUT2D eigenvalue weighted by Gasteiger charge is -2.15. The number of rotatable bonds is 12. The first kappa shape index (κ1) is 29.6. The first-order valence-corrected chi connectivity index (χ1v) is 15.8. The summed E-state index contributed by atoms with van der Waals surface area (Å²) in [6, 6.07) is 20.0. The van der Waals surface area contributed by atoms with Crippen molar-refractivity contribution in [3.63, 3.8) is 0 Å². The molecule has 0 aliphatic carbocycles. The van der Waals surface area contributed by atoms with Gasteiger partial charge in [-0.1, -0.05) is 99.7 Å². The van der Waals surface area contributed by atoms with Crippen LogP contribution >= 0.6 is 23.5 Å². The van der Waals surface area contributed by atoms with E-state index in [0.29, 0.717) is 10.1 Å². The Morgan fingerprint density at radius 2 is 0.925 bits per heavy atom. The highest BCUT2D eigenvalue weighted by Crippen LogP contribution is 2.31. The Kier molecular flexibility index (Phi) is 10.6. The fraction of sp³-hybridized carbons (Fsp3) is 0.312. The predicted molar refractivity (Wildman–Crippen MR) is 169 cm³/mol. The second-order valence-corrected chi connectivity index (χ2v) is 11.2. The minimum atomic E-state index is -0.0903. The molecule has 0 saturated carbocycles. The summed E-state index contributed by atoms with van der Waals surface area (Å²) in [7, 11) is 0. The molecule has 0 saturated heterocycles. The number of carbonyl (C=O) groups excluding carboxylic acids is 2. The summed E-state index contributed by atoms with van der Waals surface area (Å²) in [6.45, 7) is 8.36. The van der Waals surface area contributed by atoms with Crippen LogP contribution in [-0.4, -0.2) is 33.3 Å². The molecule has 8 heteroatoms. The minimum Gasteiger partial charge on any atom is -0.325 e. The molecule has 0 unspecified atom stereocenters. The third kappa shape index (κ3) is 7.23. The summed E-state index contributed by atoms with van der Waals surface area (Å²) in [6.07, 6.45) is 3.38.